The molecule has 4 heteroatoms. The smallest absolute Gasteiger partial charge is 0.264 e. The van der Waals surface area contributed by atoms with Crippen molar-refractivity contribution in [2.75, 3.05) is 9.80 Å². The summed E-state index contributed by atoms with van der Waals surface area (Å²) in [5.41, 5.74) is 31.1. The second-order valence-electron chi connectivity index (χ2n) is 27.4. The average molecular weight is 1060 g/mol. The summed E-state index contributed by atoms with van der Waals surface area (Å²) in [4.78, 5) is 5.28. The van der Waals surface area contributed by atoms with Crippen LogP contribution in [0.2, 0.25) is 0 Å². The van der Waals surface area contributed by atoms with Gasteiger partial charge in [0.25, 0.3) is 6.71 Å². The van der Waals surface area contributed by atoms with Gasteiger partial charge in [0.05, 0.1) is 11.1 Å². The summed E-state index contributed by atoms with van der Waals surface area (Å²) in [6, 6.07) is 69.8. The van der Waals surface area contributed by atoms with Crippen LogP contribution in [0.1, 0.15) is 157 Å². The molecule has 0 saturated heterocycles. The van der Waals surface area contributed by atoms with E-state index in [-0.39, 0.29) is 23.0 Å². The Bertz CT molecular complexity index is 4130. The van der Waals surface area contributed by atoms with E-state index in [1.54, 1.807) is 0 Å². The number of thiophene rings is 1. The van der Waals surface area contributed by atoms with Crippen molar-refractivity contribution in [2.24, 2.45) is 0 Å². The van der Waals surface area contributed by atoms with Crippen LogP contribution in [-0.2, 0) is 21.7 Å². The summed E-state index contributed by atoms with van der Waals surface area (Å²) in [5, 5.41) is 1.31. The zero-order valence-corrected chi connectivity index (χ0v) is 50.1. The van der Waals surface area contributed by atoms with Crippen LogP contribution in [0.25, 0.3) is 43.5 Å². The molecule has 0 amide bonds. The van der Waals surface area contributed by atoms with Crippen LogP contribution in [-0.4, -0.2) is 6.71 Å². The van der Waals surface area contributed by atoms with Gasteiger partial charge < -0.3 is 9.80 Å². The highest BCUT2D eigenvalue weighted by molar-refractivity contribution is 7.33. The largest absolute Gasteiger partial charge is 0.311 e. The molecule has 0 fully saturated rings. The zero-order chi connectivity index (χ0) is 55.7. The average Bonchev–Trinajstić information content (AvgIpc) is 3.17. The van der Waals surface area contributed by atoms with E-state index >= 15 is 0 Å². The minimum atomic E-state index is -0.466. The summed E-state index contributed by atoms with van der Waals surface area (Å²) in [7, 11) is 0. The van der Waals surface area contributed by atoms with Crippen molar-refractivity contribution in [1.29, 1.82) is 0 Å². The van der Waals surface area contributed by atoms with Gasteiger partial charge in [-0.2, -0.15) is 0 Å². The topological polar surface area (TPSA) is 6.48 Å². The van der Waals surface area contributed by atoms with E-state index in [0.29, 0.717) is 11.8 Å². The van der Waals surface area contributed by atoms with E-state index in [4.69, 9.17) is 0 Å². The van der Waals surface area contributed by atoms with Gasteiger partial charge in [0.1, 0.15) is 0 Å². The van der Waals surface area contributed by atoms with E-state index in [9.17, 15) is 0 Å². The maximum atomic E-state index is 2.66. The Labute approximate surface area is 480 Å². The lowest BCUT2D eigenvalue weighted by Crippen LogP contribution is -2.60. The molecule has 0 N–H and O–H groups in total. The lowest BCUT2D eigenvalue weighted by atomic mass is 9.36. The van der Waals surface area contributed by atoms with Crippen LogP contribution in [0, 0.1) is 6.92 Å². The van der Waals surface area contributed by atoms with Crippen LogP contribution in [0.3, 0.4) is 0 Å². The maximum absolute atomic E-state index is 2.66. The first kappa shape index (κ1) is 50.8. The third kappa shape index (κ3) is 7.29. The fraction of sp³-hybridized carbons (Fsp3) is 0.263. The molecular formula is C76H73BN2S. The van der Waals surface area contributed by atoms with Crippen molar-refractivity contribution in [3.8, 4) is 33.4 Å². The molecule has 2 aliphatic carbocycles. The zero-order valence-electron chi connectivity index (χ0n) is 49.3. The molecule has 0 radical (unpaired) electrons. The first-order valence-electron chi connectivity index (χ1n) is 29.3. The fourth-order valence-electron chi connectivity index (χ4n) is 14.5. The Morgan fingerprint density at radius 3 is 1.56 bits per heavy atom. The number of hydrogen-bond donors (Lipinski definition) is 0. The van der Waals surface area contributed by atoms with Crippen LogP contribution in [0.4, 0.5) is 34.1 Å². The summed E-state index contributed by atoms with van der Waals surface area (Å²) < 4.78 is 2.72. The van der Waals surface area contributed by atoms with Crippen LogP contribution >= 0.6 is 11.3 Å². The Kier molecular flexibility index (Phi) is 11.1. The molecule has 0 atom stereocenters. The maximum Gasteiger partial charge on any atom is 0.264 e. The molecule has 2 nitrogen and oxygen atoms in total. The quantitative estimate of drug-likeness (QED) is 0.159. The molecule has 396 valence electrons. The SMILES string of the molecule is Cc1cc2c3c(c1)N(c1ccc(C(C)C)cc1)c1c(sc4cc5c(cc14)-c1ccc(C(C)(C)C)cc1C51c4ccccc4-c4ccccc41)B3c1ccc(-c3c(C(C)(C)C)cccc3C(C)(C)C)cc1N2c1ccc(C(C)C)cc1. The predicted octanol–water partition coefficient (Wildman–Crippen LogP) is 19.4. The summed E-state index contributed by atoms with van der Waals surface area (Å²) >= 11 is 2.02. The van der Waals surface area contributed by atoms with Crippen LogP contribution in [0.15, 0.2) is 176 Å². The summed E-state index contributed by atoms with van der Waals surface area (Å²) in [5.74, 6) is 0.849. The van der Waals surface area contributed by atoms with Gasteiger partial charge >= 0.3 is 0 Å². The van der Waals surface area contributed by atoms with Gasteiger partial charge in [-0.1, -0.05) is 211 Å². The molecular weight excluding hydrogens is 984 g/mol. The van der Waals surface area contributed by atoms with Gasteiger partial charge in [0, 0.05) is 43.3 Å². The normalized spacial score (nSPS) is 14.6. The highest BCUT2D eigenvalue weighted by Crippen LogP contribution is 2.64. The van der Waals surface area contributed by atoms with Crippen molar-refractivity contribution in [3.63, 3.8) is 0 Å². The van der Waals surface area contributed by atoms with Gasteiger partial charge in [-0.3, -0.25) is 0 Å². The number of benzene rings is 9. The van der Waals surface area contributed by atoms with E-state index in [2.05, 4.69) is 283 Å². The van der Waals surface area contributed by atoms with Crippen LogP contribution in [0.5, 0.6) is 0 Å². The second kappa shape index (κ2) is 17.6. The number of aryl methyl sites for hydroxylation is 1. The lowest BCUT2D eigenvalue weighted by Gasteiger charge is -2.43. The van der Waals surface area contributed by atoms with Gasteiger partial charge in [-0.05, 0) is 190 Å². The van der Waals surface area contributed by atoms with Crippen molar-refractivity contribution < 1.29 is 0 Å². The lowest BCUT2D eigenvalue weighted by molar-refractivity contribution is 0.572. The van der Waals surface area contributed by atoms with E-state index < -0.39 is 5.41 Å². The number of anilines is 6. The standard InChI is InChI=1S/C76H73BN2S/c1-44(2)47-26-32-51(33-27-47)78-65-40-49(69-60(74(9,10)11)24-19-25-61(69)75(12,13)14)30-37-64(65)77-70-66(78)38-46(5)39-67(70)79(52-34-28-48(29-35-52)45(3)4)71-57-42-56-55-36-31-50(73(6,7)8)41-62(55)76(63(56)43-68(57)80-72(71)77)58-22-17-15-20-53(58)54-21-16-18-23-59(54)76/h15-45H,1-14H3. The number of nitrogens with zero attached hydrogens (tertiary/aromatic N) is 2. The molecule has 1 aromatic heterocycles. The summed E-state index contributed by atoms with van der Waals surface area (Å²) in [6.07, 6.45) is 0. The summed E-state index contributed by atoms with van der Waals surface area (Å²) in [6.45, 7) is 32.8. The molecule has 14 rings (SSSR count). The predicted molar refractivity (Wildman–Crippen MR) is 347 cm³/mol. The molecule has 0 unspecified atom stereocenters. The highest BCUT2D eigenvalue weighted by atomic mass is 32.1. The second-order valence-corrected chi connectivity index (χ2v) is 28.5. The Morgan fingerprint density at radius 2 is 1.00 bits per heavy atom. The first-order chi connectivity index (χ1) is 38.1. The number of rotatable bonds is 5. The Hall–Kier alpha value is -7.40. The number of hydrogen-bond acceptors (Lipinski definition) is 3. The molecule has 2 aliphatic heterocycles. The molecule has 9 aromatic carbocycles. The molecule has 0 bridgehead atoms. The molecule has 3 heterocycles. The number of fused-ring (bicyclic) bond motifs is 16. The van der Waals surface area contributed by atoms with E-state index in [0.717, 1.165) is 0 Å². The monoisotopic (exact) mass is 1060 g/mol. The highest BCUT2D eigenvalue weighted by Gasteiger charge is 2.53. The fourth-order valence-corrected chi connectivity index (χ4v) is 15.9. The Balaban J connectivity index is 1.09. The van der Waals surface area contributed by atoms with Gasteiger partial charge in [0.2, 0.25) is 0 Å². The first-order valence-corrected chi connectivity index (χ1v) is 30.1. The molecule has 10 aromatic rings. The van der Waals surface area contributed by atoms with Gasteiger partial charge in [-0.15, -0.1) is 11.3 Å². The van der Waals surface area contributed by atoms with Crippen molar-refractivity contribution in [2.45, 2.75) is 130 Å². The minimum absolute atomic E-state index is 0.0206. The molecule has 0 saturated carbocycles. The Morgan fingerprint density at radius 1 is 0.463 bits per heavy atom. The third-order valence-corrected chi connectivity index (χ3v) is 19.7. The van der Waals surface area contributed by atoms with Gasteiger partial charge in [0.15, 0.2) is 0 Å². The van der Waals surface area contributed by atoms with E-state index in [1.807, 2.05) is 11.3 Å². The molecule has 1 spiro atoms. The van der Waals surface area contributed by atoms with Crippen molar-refractivity contribution in [3.05, 3.63) is 232 Å². The minimum Gasteiger partial charge on any atom is -0.311 e. The molecule has 80 heavy (non-hydrogen) atoms. The third-order valence-electron chi connectivity index (χ3n) is 18.5. The van der Waals surface area contributed by atoms with E-state index in [1.165, 1.54) is 149 Å². The van der Waals surface area contributed by atoms with Gasteiger partial charge in [-0.25, -0.2) is 0 Å². The molecule has 4 aliphatic rings. The van der Waals surface area contributed by atoms with Crippen molar-refractivity contribution in [1.82, 2.24) is 0 Å². The van der Waals surface area contributed by atoms with Crippen molar-refractivity contribution >= 4 is 78.0 Å². The van der Waals surface area contributed by atoms with Crippen LogP contribution < -0.4 is 25.5 Å².